The molecule has 3 heterocycles. The summed E-state index contributed by atoms with van der Waals surface area (Å²) in [6.45, 7) is 4.51. The number of hydrogen-bond acceptors (Lipinski definition) is 6. The molecular weight excluding hydrogens is 318 g/mol. The fourth-order valence-electron chi connectivity index (χ4n) is 2.60. The number of nitriles is 1. The molecule has 126 valence electrons. The molecule has 2 aromatic rings. The molecule has 0 radical (unpaired) electrons. The normalized spacial score (nSPS) is 16.0. The van der Waals surface area contributed by atoms with Crippen molar-refractivity contribution in [1.82, 2.24) is 24.8 Å². The van der Waals surface area contributed by atoms with Crippen LogP contribution in [0.2, 0.25) is 0 Å². The van der Waals surface area contributed by atoms with E-state index < -0.39 is 0 Å². The summed E-state index contributed by atoms with van der Waals surface area (Å²) in [5.74, 6) is -0.206. The van der Waals surface area contributed by atoms with Gasteiger partial charge >= 0.3 is 0 Å². The Bertz CT molecular complexity index is 834. The minimum atomic E-state index is -0.234. The second kappa shape index (κ2) is 7.49. The first-order valence-electron chi connectivity index (χ1n) is 7.91. The number of nitrogens with zero attached hydrogens (tertiary/aromatic N) is 7. The topological polar surface area (TPSA) is 100 Å². The van der Waals surface area contributed by atoms with Crippen LogP contribution in [-0.4, -0.2) is 36.9 Å². The van der Waals surface area contributed by atoms with Gasteiger partial charge in [0, 0.05) is 43.3 Å². The number of hydrazone groups is 1. The summed E-state index contributed by atoms with van der Waals surface area (Å²) in [5, 5.41) is 18.5. The fraction of sp³-hybridized carbons (Fsp3) is 0.294. The van der Waals surface area contributed by atoms with E-state index in [2.05, 4.69) is 26.7 Å². The molecule has 8 heteroatoms. The third-order valence-electron chi connectivity index (χ3n) is 3.89. The Kier molecular flexibility index (Phi) is 4.95. The molecule has 0 N–H and O–H groups in total. The molecule has 1 aliphatic heterocycles. The Morgan fingerprint density at radius 2 is 2.28 bits per heavy atom. The average molecular weight is 335 g/mol. The van der Waals surface area contributed by atoms with E-state index in [0.29, 0.717) is 42.6 Å². The third kappa shape index (κ3) is 3.77. The monoisotopic (exact) mass is 335 g/mol. The van der Waals surface area contributed by atoms with Crippen LogP contribution in [0.5, 0.6) is 0 Å². The Labute approximate surface area is 145 Å². The van der Waals surface area contributed by atoms with Gasteiger partial charge in [-0.15, -0.1) is 0 Å². The van der Waals surface area contributed by atoms with Crippen LogP contribution in [0.25, 0.3) is 0 Å². The molecule has 0 saturated carbocycles. The summed E-state index contributed by atoms with van der Waals surface area (Å²) in [4.78, 5) is 20.9. The smallest absolute Gasteiger partial charge is 0.269 e. The Balaban J connectivity index is 1.55. The molecular formula is C17H17N7O. The minimum Gasteiger partial charge on any atom is -0.271 e. The van der Waals surface area contributed by atoms with Crippen molar-refractivity contribution in [3.05, 3.63) is 54.4 Å². The molecule has 8 nitrogen and oxygen atoms in total. The van der Waals surface area contributed by atoms with Gasteiger partial charge in [0.15, 0.2) is 0 Å². The summed E-state index contributed by atoms with van der Waals surface area (Å²) in [6, 6.07) is 1.80. The molecule has 0 saturated heterocycles. The van der Waals surface area contributed by atoms with Gasteiger partial charge < -0.3 is 0 Å². The highest BCUT2D eigenvalue weighted by atomic mass is 16.2. The zero-order valence-corrected chi connectivity index (χ0v) is 13.6. The molecule has 0 bridgehead atoms. The van der Waals surface area contributed by atoms with Crippen LogP contribution in [0.3, 0.4) is 0 Å². The molecule has 0 aliphatic carbocycles. The van der Waals surface area contributed by atoms with Crippen LogP contribution >= 0.6 is 0 Å². The van der Waals surface area contributed by atoms with Gasteiger partial charge in [-0.3, -0.25) is 19.4 Å². The van der Waals surface area contributed by atoms with Crippen molar-refractivity contribution in [3.8, 4) is 6.07 Å². The number of carbonyl (C=O) groups excluding carboxylic acids is 1. The molecule has 0 fully saturated rings. The molecule has 1 atom stereocenters. The van der Waals surface area contributed by atoms with E-state index >= 15 is 0 Å². The maximum Gasteiger partial charge on any atom is 0.269 e. The fourth-order valence-corrected chi connectivity index (χ4v) is 2.60. The van der Waals surface area contributed by atoms with Crippen LogP contribution in [0.4, 0.5) is 0 Å². The van der Waals surface area contributed by atoms with E-state index in [0.717, 1.165) is 0 Å². The zero-order chi connectivity index (χ0) is 17.6. The first-order valence-corrected chi connectivity index (χ1v) is 7.91. The number of amides is 1. The van der Waals surface area contributed by atoms with Crippen LogP contribution < -0.4 is 0 Å². The lowest BCUT2D eigenvalue weighted by molar-refractivity contribution is -0.129. The van der Waals surface area contributed by atoms with E-state index in [9.17, 15) is 4.79 Å². The average Bonchev–Trinajstić information content (AvgIpc) is 3.31. The van der Waals surface area contributed by atoms with Crippen molar-refractivity contribution in [1.29, 1.82) is 5.26 Å². The molecule has 0 aromatic carbocycles. The minimum absolute atomic E-state index is 0.206. The van der Waals surface area contributed by atoms with Crippen molar-refractivity contribution < 1.29 is 4.79 Å². The number of carbonyl (C=O) groups is 1. The summed E-state index contributed by atoms with van der Waals surface area (Å²) in [6.07, 6.45) is 11.6. The zero-order valence-electron chi connectivity index (χ0n) is 13.6. The van der Waals surface area contributed by atoms with Gasteiger partial charge in [-0.1, -0.05) is 6.58 Å². The van der Waals surface area contributed by atoms with Gasteiger partial charge in [-0.2, -0.15) is 15.5 Å². The first kappa shape index (κ1) is 16.5. The second-order valence-corrected chi connectivity index (χ2v) is 5.64. The second-order valence-electron chi connectivity index (χ2n) is 5.64. The first-order chi connectivity index (χ1) is 12.2. The quantitative estimate of drug-likeness (QED) is 0.750. The SMILES string of the molecule is C=C(CCCn1cc(C#N)cn1)C(=O)N1N=CCC1c1cnccn1. The maximum atomic E-state index is 12.6. The lowest BCUT2D eigenvalue weighted by atomic mass is 10.1. The van der Waals surface area contributed by atoms with E-state index in [1.807, 2.05) is 6.07 Å². The Morgan fingerprint density at radius 3 is 3.00 bits per heavy atom. The third-order valence-corrected chi connectivity index (χ3v) is 3.89. The van der Waals surface area contributed by atoms with Crippen molar-refractivity contribution >= 4 is 12.1 Å². The highest BCUT2D eigenvalue weighted by Gasteiger charge is 2.30. The number of rotatable bonds is 6. The highest BCUT2D eigenvalue weighted by molar-refractivity contribution is 5.94. The molecule has 2 aromatic heterocycles. The summed E-state index contributed by atoms with van der Waals surface area (Å²) in [7, 11) is 0. The summed E-state index contributed by atoms with van der Waals surface area (Å²) < 4.78 is 1.69. The van der Waals surface area contributed by atoms with Crippen molar-refractivity contribution in [2.24, 2.45) is 5.10 Å². The van der Waals surface area contributed by atoms with Gasteiger partial charge in [0.2, 0.25) is 0 Å². The van der Waals surface area contributed by atoms with Gasteiger partial charge in [0.1, 0.15) is 12.1 Å². The van der Waals surface area contributed by atoms with E-state index in [1.54, 1.807) is 35.7 Å². The Morgan fingerprint density at radius 1 is 1.40 bits per heavy atom. The standard InChI is InChI=1S/C17H17N7O/c1-13(3-2-8-23-12-14(9-18)10-22-23)17(25)24-16(4-5-21-24)15-11-19-6-7-20-15/h5-7,10-12,16H,1-4,8H2. The van der Waals surface area contributed by atoms with Gasteiger partial charge in [0.05, 0.1) is 23.7 Å². The lowest BCUT2D eigenvalue weighted by Crippen LogP contribution is -2.28. The molecule has 3 rings (SSSR count). The van der Waals surface area contributed by atoms with Gasteiger partial charge in [-0.05, 0) is 12.8 Å². The maximum absolute atomic E-state index is 12.6. The summed E-state index contributed by atoms with van der Waals surface area (Å²) in [5.41, 5.74) is 1.72. The van der Waals surface area contributed by atoms with Crippen molar-refractivity contribution in [2.45, 2.75) is 31.8 Å². The molecule has 1 unspecified atom stereocenters. The van der Waals surface area contributed by atoms with Crippen LogP contribution in [0.1, 0.15) is 36.6 Å². The van der Waals surface area contributed by atoms with Crippen molar-refractivity contribution in [2.75, 3.05) is 0 Å². The largest absolute Gasteiger partial charge is 0.271 e. The van der Waals surface area contributed by atoms with Crippen LogP contribution in [0.15, 0.2) is 48.2 Å². The predicted molar refractivity (Wildman–Crippen MR) is 90.0 cm³/mol. The molecule has 1 aliphatic rings. The lowest BCUT2D eigenvalue weighted by Gasteiger charge is -2.22. The number of aromatic nitrogens is 4. The molecule has 1 amide bonds. The molecule has 25 heavy (non-hydrogen) atoms. The number of hydrogen-bond donors (Lipinski definition) is 0. The van der Waals surface area contributed by atoms with Crippen molar-refractivity contribution in [3.63, 3.8) is 0 Å². The van der Waals surface area contributed by atoms with E-state index in [4.69, 9.17) is 5.26 Å². The van der Waals surface area contributed by atoms with E-state index in [-0.39, 0.29) is 11.9 Å². The van der Waals surface area contributed by atoms with Crippen LogP contribution in [0, 0.1) is 11.3 Å². The Hall–Kier alpha value is -3.34. The number of aryl methyl sites for hydroxylation is 1. The van der Waals surface area contributed by atoms with Gasteiger partial charge in [-0.25, -0.2) is 5.01 Å². The van der Waals surface area contributed by atoms with Gasteiger partial charge in [0.25, 0.3) is 5.91 Å². The highest BCUT2D eigenvalue weighted by Crippen LogP contribution is 2.28. The van der Waals surface area contributed by atoms with E-state index in [1.165, 1.54) is 11.2 Å². The summed E-state index contributed by atoms with van der Waals surface area (Å²) >= 11 is 0. The molecule has 0 spiro atoms. The van der Waals surface area contributed by atoms with Crippen LogP contribution in [-0.2, 0) is 11.3 Å². The predicted octanol–water partition coefficient (Wildman–Crippen LogP) is 1.84.